The minimum atomic E-state index is -0.818. The first-order valence-electron chi connectivity index (χ1n) is 8.93. The van der Waals surface area contributed by atoms with Crippen molar-refractivity contribution in [2.45, 2.75) is 44.9 Å². The average molecular weight is 344 g/mol. The molecule has 1 aliphatic heterocycles. The Labute approximate surface area is 147 Å². The van der Waals surface area contributed by atoms with Crippen molar-refractivity contribution in [1.29, 1.82) is 0 Å². The minimum absolute atomic E-state index is 0.0238. The Balaban J connectivity index is 1.54. The van der Waals surface area contributed by atoms with E-state index in [4.69, 9.17) is 5.11 Å². The molecular weight excluding hydrogens is 320 g/mol. The highest BCUT2D eigenvalue weighted by atomic mass is 16.4. The number of carboxylic acid groups (broad SMARTS) is 1. The number of carbonyl (C=O) groups excluding carboxylic acids is 2. The lowest BCUT2D eigenvalue weighted by molar-refractivity contribution is -0.141. The number of hydrogen-bond donors (Lipinski definition) is 3. The molecule has 6 heteroatoms. The zero-order valence-electron chi connectivity index (χ0n) is 14.4. The van der Waals surface area contributed by atoms with Crippen LogP contribution in [0.15, 0.2) is 18.2 Å². The standard InChI is InChI=1S/C19H24N2O4/c1-2-11-3-6-16-15(9-11)14(18(23)21-16)7-8-20-17(22)12-4-5-13(10-12)19(24)25/h3,6,9,12-14H,2,4-5,7-8,10H2,1H3,(H,20,22)(H,21,23)(H,24,25)/t12-,13+,14?/m1/s1. The first kappa shape index (κ1) is 17.5. The molecule has 3 N–H and O–H groups in total. The van der Waals surface area contributed by atoms with Gasteiger partial charge in [-0.15, -0.1) is 0 Å². The van der Waals surface area contributed by atoms with Gasteiger partial charge in [0.25, 0.3) is 0 Å². The fraction of sp³-hybridized carbons (Fsp3) is 0.526. The van der Waals surface area contributed by atoms with Crippen molar-refractivity contribution < 1.29 is 19.5 Å². The molecule has 1 unspecified atom stereocenters. The monoisotopic (exact) mass is 344 g/mol. The highest BCUT2D eigenvalue weighted by Crippen LogP contribution is 2.35. The van der Waals surface area contributed by atoms with Crippen LogP contribution in [0.25, 0.3) is 0 Å². The van der Waals surface area contributed by atoms with E-state index in [1.54, 1.807) is 0 Å². The molecule has 1 heterocycles. The van der Waals surface area contributed by atoms with Gasteiger partial charge in [0.05, 0.1) is 11.8 Å². The number of benzene rings is 1. The highest BCUT2D eigenvalue weighted by molar-refractivity contribution is 6.03. The van der Waals surface area contributed by atoms with Crippen LogP contribution in [0.3, 0.4) is 0 Å². The van der Waals surface area contributed by atoms with Crippen LogP contribution >= 0.6 is 0 Å². The predicted molar refractivity (Wildman–Crippen MR) is 93.3 cm³/mol. The van der Waals surface area contributed by atoms with E-state index in [0.717, 1.165) is 17.7 Å². The third-order valence-corrected chi connectivity index (χ3v) is 5.36. The van der Waals surface area contributed by atoms with Crippen molar-refractivity contribution in [3.05, 3.63) is 29.3 Å². The fourth-order valence-electron chi connectivity index (χ4n) is 3.81. The molecule has 1 fully saturated rings. The molecule has 1 aliphatic carbocycles. The minimum Gasteiger partial charge on any atom is -0.481 e. The molecule has 1 saturated carbocycles. The van der Waals surface area contributed by atoms with Gasteiger partial charge in [-0.25, -0.2) is 0 Å². The maximum absolute atomic E-state index is 12.2. The van der Waals surface area contributed by atoms with Crippen molar-refractivity contribution in [1.82, 2.24) is 5.32 Å². The van der Waals surface area contributed by atoms with E-state index in [0.29, 0.717) is 32.2 Å². The number of aryl methyl sites for hydroxylation is 1. The summed E-state index contributed by atoms with van der Waals surface area (Å²) in [4.78, 5) is 35.4. The van der Waals surface area contributed by atoms with Crippen LogP contribution in [0, 0.1) is 11.8 Å². The smallest absolute Gasteiger partial charge is 0.306 e. The number of nitrogens with one attached hydrogen (secondary N) is 2. The summed E-state index contributed by atoms with van der Waals surface area (Å²) in [6.07, 6.45) is 3.05. The molecule has 0 spiro atoms. The van der Waals surface area contributed by atoms with E-state index < -0.39 is 11.9 Å². The predicted octanol–water partition coefficient (Wildman–Crippen LogP) is 2.29. The van der Waals surface area contributed by atoms with Gasteiger partial charge >= 0.3 is 5.97 Å². The Bertz CT molecular complexity index is 701. The van der Waals surface area contributed by atoms with Gasteiger partial charge in [-0.1, -0.05) is 19.1 Å². The molecule has 0 aromatic heterocycles. The molecule has 0 radical (unpaired) electrons. The van der Waals surface area contributed by atoms with Crippen molar-refractivity contribution in [2.24, 2.45) is 11.8 Å². The molecule has 0 bridgehead atoms. The normalized spacial score (nSPS) is 24.7. The van der Waals surface area contributed by atoms with Gasteiger partial charge in [-0.05, 0) is 49.3 Å². The molecule has 0 saturated heterocycles. The Morgan fingerprint density at radius 2 is 2.04 bits per heavy atom. The van der Waals surface area contributed by atoms with Gasteiger partial charge in [-0.2, -0.15) is 0 Å². The summed E-state index contributed by atoms with van der Waals surface area (Å²) in [7, 11) is 0. The van der Waals surface area contributed by atoms with Crippen LogP contribution in [-0.2, 0) is 20.8 Å². The lowest BCUT2D eigenvalue weighted by Gasteiger charge is -2.13. The Morgan fingerprint density at radius 1 is 1.28 bits per heavy atom. The second-order valence-electron chi connectivity index (χ2n) is 6.94. The summed E-state index contributed by atoms with van der Waals surface area (Å²) in [6, 6.07) is 6.02. The maximum Gasteiger partial charge on any atom is 0.306 e. The SMILES string of the molecule is CCc1ccc2c(c1)C(CCNC(=O)[C@@H]1CC[C@H](C(=O)O)C1)C(=O)N2. The largest absolute Gasteiger partial charge is 0.481 e. The number of carbonyl (C=O) groups is 3. The van der Waals surface area contributed by atoms with Gasteiger partial charge in [0.2, 0.25) is 11.8 Å². The number of rotatable bonds is 6. The number of aliphatic carboxylic acids is 1. The molecule has 134 valence electrons. The first-order chi connectivity index (χ1) is 12.0. The molecule has 25 heavy (non-hydrogen) atoms. The zero-order valence-corrected chi connectivity index (χ0v) is 14.4. The molecule has 3 atom stereocenters. The average Bonchev–Trinajstić information content (AvgIpc) is 3.19. The van der Waals surface area contributed by atoms with E-state index in [1.807, 2.05) is 12.1 Å². The summed E-state index contributed by atoms with van der Waals surface area (Å²) in [5, 5.41) is 14.8. The molecule has 2 aliphatic rings. The summed E-state index contributed by atoms with van der Waals surface area (Å²) >= 11 is 0. The third-order valence-electron chi connectivity index (χ3n) is 5.36. The molecule has 1 aromatic rings. The van der Waals surface area contributed by atoms with E-state index in [2.05, 4.69) is 23.6 Å². The van der Waals surface area contributed by atoms with Gasteiger partial charge in [0, 0.05) is 18.2 Å². The number of carboxylic acids is 1. The topological polar surface area (TPSA) is 95.5 Å². The van der Waals surface area contributed by atoms with E-state index in [1.165, 1.54) is 5.56 Å². The van der Waals surface area contributed by atoms with Crippen molar-refractivity contribution in [3.8, 4) is 0 Å². The van der Waals surface area contributed by atoms with Crippen LogP contribution in [0.1, 0.15) is 49.7 Å². The van der Waals surface area contributed by atoms with Crippen molar-refractivity contribution in [2.75, 3.05) is 11.9 Å². The number of anilines is 1. The second-order valence-corrected chi connectivity index (χ2v) is 6.94. The first-order valence-corrected chi connectivity index (χ1v) is 8.93. The Hall–Kier alpha value is -2.37. The van der Waals surface area contributed by atoms with Crippen LogP contribution in [0.2, 0.25) is 0 Å². The molecule has 3 rings (SSSR count). The Kier molecular flexibility index (Phi) is 5.06. The van der Waals surface area contributed by atoms with Crippen molar-refractivity contribution in [3.63, 3.8) is 0 Å². The third kappa shape index (κ3) is 3.67. The lowest BCUT2D eigenvalue weighted by Crippen LogP contribution is -2.32. The quantitative estimate of drug-likeness (QED) is 0.738. The van der Waals surface area contributed by atoms with Crippen LogP contribution in [0.5, 0.6) is 0 Å². The fourth-order valence-corrected chi connectivity index (χ4v) is 3.81. The van der Waals surface area contributed by atoms with Crippen LogP contribution < -0.4 is 10.6 Å². The maximum atomic E-state index is 12.2. The van der Waals surface area contributed by atoms with E-state index in [9.17, 15) is 14.4 Å². The van der Waals surface area contributed by atoms with E-state index in [-0.39, 0.29) is 23.7 Å². The van der Waals surface area contributed by atoms with Gasteiger partial charge in [-0.3, -0.25) is 14.4 Å². The summed E-state index contributed by atoms with van der Waals surface area (Å²) in [5.74, 6) is -1.81. The summed E-state index contributed by atoms with van der Waals surface area (Å²) < 4.78 is 0. The lowest BCUT2D eigenvalue weighted by atomic mass is 9.95. The van der Waals surface area contributed by atoms with Gasteiger partial charge < -0.3 is 15.7 Å². The number of amides is 2. The van der Waals surface area contributed by atoms with Gasteiger partial charge in [0.1, 0.15) is 0 Å². The van der Waals surface area contributed by atoms with Crippen LogP contribution in [-0.4, -0.2) is 29.4 Å². The van der Waals surface area contributed by atoms with Gasteiger partial charge in [0.15, 0.2) is 0 Å². The molecule has 6 nitrogen and oxygen atoms in total. The summed E-state index contributed by atoms with van der Waals surface area (Å²) in [5.41, 5.74) is 3.05. The van der Waals surface area contributed by atoms with Crippen molar-refractivity contribution >= 4 is 23.5 Å². The second kappa shape index (κ2) is 7.25. The highest BCUT2D eigenvalue weighted by Gasteiger charge is 2.34. The summed E-state index contributed by atoms with van der Waals surface area (Å²) in [6.45, 7) is 2.49. The van der Waals surface area contributed by atoms with E-state index >= 15 is 0 Å². The molecular formula is C19H24N2O4. The molecule has 2 amide bonds. The molecule has 1 aromatic carbocycles. The number of hydrogen-bond acceptors (Lipinski definition) is 3. The number of fused-ring (bicyclic) bond motifs is 1. The Morgan fingerprint density at radius 3 is 2.72 bits per heavy atom. The zero-order chi connectivity index (χ0) is 18.0. The van der Waals surface area contributed by atoms with Crippen LogP contribution in [0.4, 0.5) is 5.69 Å².